The van der Waals surface area contributed by atoms with Crippen LogP contribution in [0.4, 0.5) is 5.69 Å². The number of amides is 1. The minimum atomic E-state index is -0.892. The fraction of sp³-hybridized carbons (Fsp3) is 0.429. The lowest BCUT2D eigenvalue weighted by Gasteiger charge is -2.14. The number of hydrogen-bond acceptors (Lipinski definition) is 3. The zero-order valence-corrected chi connectivity index (χ0v) is 10.8. The Kier molecular flexibility index (Phi) is 4.16. The van der Waals surface area contributed by atoms with Crippen LogP contribution in [0.5, 0.6) is 0 Å². The summed E-state index contributed by atoms with van der Waals surface area (Å²) in [6.07, 6.45) is 0.417. The van der Waals surface area contributed by atoms with Crippen LogP contribution in [-0.2, 0) is 20.7 Å². The minimum absolute atomic E-state index is 0.0555. The van der Waals surface area contributed by atoms with Crippen LogP contribution in [0.15, 0.2) is 24.3 Å². The van der Waals surface area contributed by atoms with Gasteiger partial charge in [0.1, 0.15) is 6.10 Å². The summed E-state index contributed by atoms with van der Waals surface area (Å²) in [5.74, 6) is -0.851. The highest BCUT2D eigenvalue weighted by atomic mass is 16.5. The Labute approximate surface area is 111 Å². The van der Waals surface area contributed by atoms with Gasteiger partial charge in [0, 0.05) is 12.3 Å². The highest BCUT2D eigenvalue weighted by molar-refractivity contribution is 5.94. The third-order valence-electron chi connectivity index (χ3n) is 3.20. The topological polar surface area (TPSA) is 75.6 Å². The first-order valence-corrected chi connectivity index (χ1v) is 6.29. The summed E-state index contributed by atoms with van der Waals surface area (Å²) in [4.78, 5) is 22.7. The number of ether oxygens (including phenoxy) is 1. The highest BCUT2D eigenvalue weighted by Gasteiger charge is 2.30. The van der Waals surface area contributed by atoms with E-state index in [1.807, 2.05) is 6.92 Å². The van der Waals surface area contributed by atoms with E-state index < -0.39 is 12.1 Å². The van der Waals surface area contributed by atoms with Gasteiger partial charge < -0.3 is 15.2 Å². The number of aliphatic carboxylic acids is 1. The number of carbonyl (C=O) groups excluding carboxylic acids is 1. The van der Waals surface area contributed by atoms with Crippen molar-refractivity contribution in [2.24, 2.45) is 5.92 Å². The molecule has 19 heavy (non-hydrogen) atoms. The van der Waals surface area contributed by atoms with Gasteiger partial charge in [-0.2, -0.15) is 0 Å². The molecule has 5 heteroatoms. The van der Waals surface area contributed by atoms with Crippen LogP contribution < -0.4 is 5.32 Å². The van der Waals surface area contributed by atoms with Crippen molar-refractivity contribution < 1.29 is 19.4 Å². The van der Waals surface area contributed by atoms with Crippen LogP contribution in [0.3, 0.4) is 0 Å². The second kappa shape index (κ2) is 5.84. The summed E-state index contributed by atoms with van der Waals surface area (Å²) in [6, 6.07) is 6.86. The van der Waals surface area contributed by atoms with Gasteiger partial charge >= 0.3 is 5.97 Å². The van der Waals surface area contributed by atoms with E-state index >= 15 is 0 Å². The highest BCUT2D eigenvalue weighted by Crippen LogP contribution is 2.22. The number of nitrogens with one attached hydrogen (secondary N) is 1. The number of carboxylic acid groups (broad SMARTS) is 1. The maximum Gasteiger partial charge on any atom is 0.307 e. The average molecular weight is 263 g/mol. The monoisotopic (exact) mass is 263 g/mol. The lowest BCUT2D eigenvalue weighted by atomic mass is 10.0. The number of carbonyl (C=O) groups is 2. The Morgan fingerprint density at radius 1 is 1.47 bits per heavy atom. The van der Waals surface area contributed by atoms with Crippen molar-refractivity contribution in [3.05, 3.63) is 29.8 Å². The number of anilines is 1. The van der Waals surface area contributed by atoms with Gasteiger partial charge in [0.25, 0.3) is 5.91 Å². The van der Waals surface area contributed by atoms with Crippen LogP contribution in [0.1, 0.15) is 18.9 Å². The second-order valence-corrected chi connectivity index (χ2v) is 4.82. The fourth-order valence-electron chi connectivity index (χ4n) is 2.18. The molecule has 2 unspecified atom stereocenters. The first-order chi connectivity index (χ1) is 9.06. The van der Waals surface area contributed by atoms with E-state index in [0.29, 0.717) is 17.9 Å². The van der Waals surface area contributed by atoms with E-state index in [1.54, 1.807) is 24.3 Å². The Morgan fingerprint density at radius 2 is 2.26 bits per heavy atom. The molecule has 1 fully saturated rings. The van der Waals surface area contributed by atoms with E-state index in [4.69, 9.17) is 9.84 Å². The standard InChI is InChI=1S/C14H17NO4/c1-9-5-6-19-13(9)14(18)15-11-4-2-3-10(7-11)8-12(16)17/h2-4,7,9,13H,5-6,8H2,1H3,(H,15,18)(H,16,17). The van der Waals surface area contributed by atoms with Gasteiger partial charge in [-0.15, -0.1) is 0 Å². The molecule has 2 rings (SSSR count). The fourth-order valence-corrected chi connectivity index (χ4v) is 2.18. The molecule has 1 saturated heterocycles. The SMILES string of the molecule is CC1CCOC1C(=O)Nc1cccc(CC(=O)O)c1. The molecule has 2 N–H and O–H groups in total. The predicted molar refractivity (Wildman–Crippen MR) is 69.9 cm³/mol. The second-order valence-electron chi connectivity index (χ2n) is 4.82. The van der Waals surface area contributed by atoms with Crippen LogP contribution in [-0.4, -0.2) is 29.7 Å². The molecule has 102 valence electrons. The normalized spacial score (nSPS) is 22.2. The Morgan fingerprint density at radius 3 is 2.89 bits per heavy atom. The van der Waals surface area contributed by atoms with E-state index in [0.717, 1.165) is 6.42 Å². The molecule has 1 amide bonds. The quantitative estimate of drug-likeness (QED) is 0.866. The Balaban J connectivity index is 2.02. The van der Waals surface area contributed by atoms with Crippen LogP contribution in [0.25, 0.3) is 0 Å². The van der Waals surface area contributed by atoms with Crippen LogP contribution in [0, 0.1) is 5.92 Å². The third-order valence-corrected chi connectivity index (χ3v) is 3.20. The van der Waals surface area contributed by atoms with Crippen molar-refractivity contribution in [1.82, 2.24) is 0 Å². The molecule has 1 aromatic rings. The maximum absolute atomic E-state index is 12.0. The largest absolute Gasteiger partial charge is 0.481 e. The molecule has 0 saturated carbocycles. The molecule has 0 aromatic heterocycles. The van der Waals surface area contributed by atoms with Gasteiger partial charge in [-0.05, 0) is 30.0 Å². The molecule has 1 aliphatic rings. The Hall–Kier alpha value is -1.88. The van der Waals surface area contributed by atoms with Crippen LogP contribution in [0.2, 0.25) is 0 Å². The van der Waals surface area contributed by atoms with Crippen molar-refractivity contribution in [2.75, 3.05) is 11.9 Å². The van der Waals surface area contributed by atoms with Gasteiger partial charge in [-0.1, -0.05) is 19.1 Å². The summed E-state index contributed by atoms with van der Waals surface area (Å²) in [5, 5.41) is 11.5. The minimum Gasteiger partial charge on any atom is -0.481 e. The molecule has 1 heterocycles. The first-order valence-electron chi connectivity index (χ1n) is 6.29. The van der Waals surface area contributed by atoms with Gasteiger partial charge in [-0.3, -0.25) is 9.59 Å². The molecule has 0 aliphatic carbocycles. The molecular formula is C14H17NO4. The zero-order chi connectivity index (χ0) is 13.8. The summed E-state index contributed by atoms with van der Waals surface area (Å²) >= 11 is 0. The molecule has 0 radical (unpaired) electrons. The third kappa shape index (κ3) is 3.54. The number of benzene rings is 1. The maximum atomic E-state index is 12.0. The summed E-state index contributed by atoms with van der Waals surface area (Å²) in [5.41, 5.74) is 1.26. The molecule has 2 atom stereocenters. The lowest BCUT2D eigenvalue weighted by Crippen LogP contribution is -2.31. The van der Waals surface area contributed by atoms with Crippen molar-refractivity contribution in [3.8, 4) is 0 Å². The van der Waals surface area contributed by atoms with E-state index in [-0.39, 0.29) is 18.2 Å². The van der Waals surface area contributed by atoms with Gasteiger partial charge in [0.05, 0.1) is 6.42 Å². The molecule has 0 bridgehead atoms. The Bertz CT molecular complexity index is 486. The van der Waals surface area contributed by atoms with E-state index in [1.165, 1.54) is 0 Å². The molecule has 1 aromatic carbocycles. The number of rotatable bonds is 4. The number of hydrogen-bond donors (Lipinski definition) is 2. The van der Waals surface area contributed by atoms with E-state index in [2.05, 4.69) is 5.32 Å². The van der Waals surface area contributed by atoms with E-state index in [9.17, 15) is 9.59 Å². The summed E-state index contributed by atoms with van der Waals surface area (Å²) in [7, 11) is 0. The van der Waals surface area contributed by atoms with Gasteiger partial charge in [0.2, 0.25) is 0 Å². The van der Waals surface area contributed by atoms with Gasteiger partial charge in [-0.25, -0.2) is 0 Å². The summed E-state index contributed by atoms with van der Waals surface area (Å²) in [6.45, 7) is 2.59. The van der Waals surface area contributed by atoms with Crippen molar-refractivity contribution >= 4 is 17.6 Å². The molecular weight excluding hydrogens is 246 g/mol. The van der Waals surface area contributed by atoms with Crippen molar-refractivity contribution in [2.45, 2.75) is 25.9 Å². The van der Waals surface area contributed by atoms with Gasteiger partial charge in [0.15, 0.2) is 0 Å². The molecule has 1 aliphatic heterocycles. The van der Waals surface area contributed by atoms with Crippen molar-refractivity contribution in [3.63, 3.8) is 0 Å². The smallest absolute Gasteiger partial charge is 0.307 e. The average Bonchev–Trinajstić information content (AvgIpc) is 2.75. The molecule has 0 spiro atoms. The zero-order valence-electron chi connectivity index (χ0n) is 10.8. The first kappa shape index (κ1) is 13.5. The lowest BCUT2D eigenvalue weighted by molar-refractivity contribution is -0.136. The summed E-state index contributed by atoms with van der Waals surface area (Å²) < 4.78 is 5.39. The van der Waals surface area contributed by atoms with Crippen LogP contribution >= 0.6 is 0 Å². The molecule has 5 nitrogen and oxygen atoms in total. The van der Waals surface area contributed by atoms with Crippen molar-refractivity contribution in [1.29, 1.82) is 0 Å². The predicted octanol–water partition coefficient (Wildman–Crippen LogP) is 1.68. The number of carboxylic acids is 1.